The van der Waals surface area contributed by atoms with Crippen molar-refractivity contribution in [2.75, 3.05) is 26.2 Å². The first-order valence-electron chi connectivity index (χ1n) is 9.89. The highest BCUT2D eigenvalue weighted by atomic mass is 32.2. The number of likely N-dealkylation sites (tertiary alicyclic amines) is 1. The summed E-state index contributed by atoms with van der Waals surface area (Å²) in [4.78, 5) is 14.8. The zero-order valence-electron chi connectivity index (χ0n) is 17.4. The predicted molar refractivity (Wildman–Crippen MR) is 113 cm³/mol. The minimum Gasteiger partial charge on any atom is -0.353 e. The molecule has 1 saturated heterocycles. The molecule has 1 fully saturated rings. The number of carbonyl (C=O) groups excluding carboxylic acids is 1. The summed E-state index contributed by atoms with van der Waals surface area (Å²) >= 11 is 0. The molecule has 1 aromatic rings. The molecule has 0 atom stereocenters. The molecule has 0 spiro atoms. The van der Waals surface area contributed by atoms with Crippen LogP contribution in [0.1, 0.15) is 44.2 Å². The zero-order valence-corrected chi connectivity index (χ0v) is 18.2. The SMILES string of the molecule is CC(C)=CCN1CCC(NC(=O)CCNS(=O)(=O)c2ccc(C)c(C)c2)CC1. The van der Waals surface area contributed by atoms with Gasteiger partial charge in [0.2, 0.25) is 15.9 Å². The van der Waals surface area contributed by atoms with Gasteiger partial charge in [-0.2, -0.15) is 0 Å². The molecule has 0 radical (unpaired) electrons. The smallest absolute Gasteiger partial charge is 0.240 e. The van der Waals surface area contributed by atoms with E-state index < -0.39 is 10.0 Å². The summed E-state index contributed by atoms with van der Waals surface area (Å²) in [5, 5.41) is 3.03. The van der Waals surface area contributed by atoms with Crippen LogP contribution in [0.3, 0.4) is 0 Å². The van der Waals surface area contributed by atoms with Crippen LogP contribution in [0.25, 0.3) is 0 Å². The minimum atomic E-state index is -3.59. The topological polar surface area (TPSA) is 78.5 Å². The van der Waals surface area contributed by atoms with Crippen molar-refractivity contribution in [1.82, 2.24) is 14.9 Å². The minimum absolute atomic E-state index is 0.0977. The molecule has 0 aromatic heterocycles. The molecule has 0 saturated carbocycles. The molecule has 1 heterocycles. The van der Waals surface area contributed by atoms with E-state index >= 15 is 0 Å². The van der Waals surface area contributed by atoms with Gasteiger partial charge in [0.25, 0.3) is 0 Å². The highest BCUT2D eigenvalue weighted by Crippen LogP contribution is 2.14. The Balaban J connectivity index is 1.73. The van der Waals surface area contributed by atoms with Gasteiger partial charge in [0.15, 0.2) is 0 Å². The van der Waals surface area contributed by atoms with Crippen molar-refractivity contribution in [3.8, 4) is 0 Å². The lowest BCUT2D eigenvalue weighted by atomic mass is 10.0. The average molecular weight is 408 g/mol. The van der Waals surface area contributed by atoms with Crippen molar-refractivity contribution in [3.63, 3.8) is 0 Å². The van der Waals surface area contributed by atoms with Gasteiger partial charge in [0.05, 0.1) is 4.90 Å². The molecule has 2 N–H and O–H groups in total. The summed E-state index contributed by atoms with van der Waals surface area (Å²) in [6, 6.07) is 5.21. The van der Waals surface area contributed by atoms with E-state index in [4.69, 9.17) is 0 Å². The van der Waals surface area contributed by atoms with Gasteiger partial charge in [-0.3, -0.25) is 9.69 Å². The normalized spacial score (nSPS) is 16.0. The maximum Gasteiger partial charge on any atom is 0.240 e. The van der Waals surface area contributed by atoms with Crippen LogP contribution < -0.4 is 10.0 Å². The van der Waals surface area contributed by atoms with E-state index in [0.29, 0.717) is 0 Å². The number of aryl methyl sites for hydroxylation is 2. The Hall–Kier alpha value is -1.70. The number of piperidine rings is 1. The first-order valence-corrected chi connectivity index (χ1v) is 11.4. The van der Waals surface area contributed by atoms with E-state index in [9.17, 15) is 13.2 Å². The van der Waals surface area contributed by atoms with E-state index in [1.165, 1.54) is 5.57 Å². The fraction of sp³-hybridized carbons (Fsp3) is 0.571. The maximum atomic E-state index is 12.4. The second-order valence-electron chi connectivity index (χ2n) is 7.82. The van der Waals surface area contributed by atoms with Crippen LogP contribution in [0.4, 0.5) is 0 Å². The second-order valence-corrected chi connectivity index (χ2v) is 9.58. The lowest BCUT2D eigenvalue weighted by Gasteiger charge is -2.31. The van der Waals surface area contributed by atoms with Gasteiger partial charge in [-0.1, -0.05) is 17.7 Å². The number of allylic oxidation sites excluding steroid dienone is 1. The van der Waals surface area contributed by atoms with Crippen molar-refractivity contribution < 1.29 is 13.2 Å². The van der Waals surface area contributed by atoms with Crippen LogP contribution in [0.15, 0.2) is 34.7 Å². The first kappa shape index (κ1) is 22.6. The molecule has 0 aliphatic carbocycles. The molecule has 28 heavy (non-hydrogen) atoms. The molecule has 1 aliphatic heterocycles. The van der Waals surface area contributed by atoms with Crippen LogP contribution >= 0.6 is 0 Å². The summed E-state index contributed by atoms with van der Waals surface area (Å²) in [5.74, 6) is -0.106. The Labute approximate surface area is 169 Å². The third-order valence-electron chi connectivity index (χ3n) is 5.14. The lowest BCUT2D eigenvalue weighted by molar-refractivity contribution is -0.121. The molecule has 2 rings (SSSR count). The zero-order chi connectivity index (χ0) is 20.7. The van der Waals surface area contributed by atoms with E-state index in [1.807, 2.05) is 13.8 Å². The van der Waals surface area contributed by atoms with E-state index in [0.717, 1.165) is 43.6 Å². The van der Waals surface area contributed by atoms with Crippen LogP contribution in [0.2, 0.25) is 0 Å². The van der Waals surface area contributed by atoms with Crippen molar-refractivity contribution >= 4 is 15.9 Å². The van der Waals surface area contributed by atoms with Gasteiger partial charge in [0, 0.05) is 38.6 Å². The Bertz CT molecular complexity index is 806. The number of hydrogen-bond acceptors (Lipinski definition) is 4. The number of amides is 1. The van der Waals surface area contributed by atoms with Crippen LogP contribution in [-0.4, -0.2) is 51.4 Å². The fourth-order valence-electron chi connectivity index (χ4n) is 3.13. The van der Waals surface area contributed by atoms with Crippen molar-refractivity contribution in [1.29, 1.82) is 0 Å². The van der Waals surface area contributed by atoms with Gasteiger partial charge in [-0.15, -0.1) is 0 Å². The van der Waals surface area contributed by atoms with E-state index in [-0.39, 0.29) is 29.8 Å². The van der Waals surface area contributed by atoms with Gasteiger partial charge >= 0.3 is 0 Å². The highest BCUT2D eigenvalue weighted by molar-refractivity contribution is 7.89. The van der Waals surface area contributed by atoms with Gasteiger partial charge in [-0.25, -0.2) is 13.1 Å². The van der Waals surface area contributed by atoms with Gasteiger partial charge < -0.3 is 5.32 Å². The van der Waals surface area contributed by atoms with E-state index in [1.54, 1.807) is 18.2 Å². The van der Waals surface area contributed by atoms with Crippen molar-refractivity contribution in [2.24, 2.45) is 0 Å². The molecule has 1 amide bonds. The second kappa shape index (κ2) is 10.2. The highest BCUT2D eigenvalue weighted by Gasteiger charge is 2.20. The largest absolute Gasteiger partial charge is 0.353 e. The quantitative estimate of drug-likeness (QED) is 0.649. The number of nitrogens with one attached hydrogen (secondary N) is 2. The molecule has 6 nitrogen and oxygen atoms in total. The maximum absolute atomic E-state index is 12.4. The molecule has 0 unspecified atom stereocenters. The number of benzene rings is 1. The monoisotopic (exact) mass is 407 g/mol. The van der Waals surface area contributed by atoms with Gasteiger partial charge in [-0.05, 0) is 63.8 Å². The number of sulfonamides is 1. The third kappa shape index (κ3) is 7.04. The number of rotatable bonds is 8. The van der Waals surface area contributed by atoms with Crippen LogP contribution in [-0.2, 0) is 14.8 Å². The van der Waals surface area contributed by atoms with Crippen LogP contribution in [0.5, 0.6) is 0 Å². The number of carbonyl (C=O) groups is 1. The number of hydrogen-bond donors (Lipinski definition) is 2. The third-order valence-corrected chi connectivity index (χ3v) is 6.60. The number of nitrogens with zero attached hydrogens (tertiary/aromatic N) is 1. The van der Waals surface area contributed by atoms with Gasteiger partial charge in [0.1, 0.15) is 0 Å². The molecule has 156 valence electrons. The summed E-state index contributed by atoms with van der Waals surface area (Å²) in [7, 11) is -3.59. The molecule has 0 bridgehead atoms. The molecule has 7 heteroatoms. The molecule has 1 aliphatic rings. The van der Waals surface area contributed by atoms with Crippen molar-refractivity contribution in [2.45, 2.75) is 57.9 Å². The predicted octanol–water partition coefficient (Wildman–Crippen LogP) is 2.52. The Morgan fingerprint density at radius 3 is 2.46 bits per heavy atom. The first-order chi connectivity index (χ1) is 13.2. The molecular weight excluding hydrogens is 374 g/mol. The molecule has 1 aromatic carbocycles. The van der Waals surface area contributed by atoms with E-state index in [2.05, 4.69) is 34.9 Å². The Kier molecular flexibility index (Phi) is 8.22. The summed E-state index contributed by atoms with van der Waals surface area (Å²) < 4.78 is 27.2. The standard InChI is InChI=1S/C21H33N3O3S/c1-16(2)8-12-24-13-9-19(10-14-24)23-21(25)7-11-22-28(26,27)20-6-5-17(3)18(4)15-20/h5-6,8,15,19,22H,7,9-14H2,1-4H3,(H,23,25). The Morgan fingerprint density at radius 2 is 1.86 bits per heavy atom. The summed E-state index contributed by atoms with van der Waals surface area (Å²) in [6.45, 7) is 11.0. The van der Waals surface area contributed by atoms with Crippen LogP contribution in [0, 0.1) is 13.8 Å². The summed E-state index contributed by atoms with van der Waals surface area (Å²) in [6.07, 6.45) is 4.22. The summed E-state index contributed by atoms with van der Waals surface area (Å²) in [5.41, 5.74) is 3.29. The average Bonchev–Trinajstić information content (AvgIpc) is 2.63. The Morgan fingerprint density at radius 1 is 1.18 bits per heavy atom. The van der Waals surface area contributed by atoms with Crippen molar-refractivity contribution in [3.05, 3.63) is 41.0 Å². The fourth-order valence-corrected chi connectivity index (χ4v) is 4.25. The lowest BCUT2D eigenvalue weighted by Crippen LogP contribution is -2.45. The molecular formula is C21H33N3O3S.